The molecule has 0 saturated carbocycles. The number of hydrogen-bond acceptors (Lipinski definition) is 4. The number of aliphatic hydroxyl groups is 1. The first-order valence-corrected chi connectivity index (χ1v) is 4.32. The lowest BCUT2D eigenvalue weighted by molar-refractivity contribution is 0.234. The fourth-order valence-electron chi connectivity index (χ4n) is 0.955. The number of aromatic nitrogens is 1. The van der Waals surface area contributed by atoms with Crippen LogP contribution in [0, 0.1) is 11.3 Å². The minimum atomic E-state index is -0.429. The Balaban J connectivity index is 2.83. The third-order valence-corrected chi connectivity index (χ3v) is 1.75. The maximum Gasteiger partial charge on any atom is 0.127 e. The summed E-state index contributed by atoms with van der Waals surface area (Å²) in [5.41, 5.74) is 0.123. The first-order valence-electron chi connectivity index (χ1n) is 4.32. The Bertz CT molecular complexity index is 355. The van der Waals surface area contributed by atoms with Gasteiger partial charge in [-0.3, -0.25) is 0 Å². The monoisotopic (exact) mass is 191 g/mol. The second-order valence-corrected chi connectivity index (χ2v) is 3.71. The number of pyridine rings is 1. The van der Waals surface area contributed by atoms with E-state index in [2.05, 4.69) is 10.3 Å². The van der Waals surface area contributed by atoms with Crippen molar-refractivity contribution >= 4 is 5.82 Å². The molecule has 0 spiro atoms. The standard InChI is InChI=1S/C10H13N3O/c1-10(2,7-14)13-9-5-8(6-11)3-4-12-9/h3-5,14H,7H2,1-2H3,(H,12,13). The maximum atomic E-state index is 9.03. The molecular formula is C10H13N3O. The van der Waals surface area contributed by atoms with Crippen LogP contribution in [0.5, 0.6) is 0 Å². The molecule has 0 aromatic carbocycles. The maximum absolute atomic E-state index is 9.03. The van der Waals surface area contributed by atoms with Crippen molar-refractivity contribution in [3.63, 3.8) is 0 Å². The topological polar surface area (TPSA) is 68.9 Å². The van der Waals surface area contributed by atoms with Crippen LogP contribution in [0.3, 0.4) is 0 Å². The van der Waals surface area contributed by atoms with Gasteiger partial charge in [0.15, 0.2) is 0 Å². The van der Waals surface area contributed by atoms with Crippen LogP contribution in [-0.2, 0) is 0 Å². The Kier molecular flexibility index (Phi) is 3.05. The highest BCUT2D eigenvalue weighted by molar-refractivity contribution is 5.43. The highest BCUT2D eigenvalue weighted by Crippen LogP contribution is 2.12. The molecule has 0 saturated heterocycles. The normalized spacial score (nSPS) is 10.7. The molecule has 14 heavy (non-hydrogen) atoms. The zero-order valence-electron chi connectivity index (χ0n) is 8.28. The fourth-order valence-corrected chi connectivity index (χ4v) is 0.955. The summed E-state index contributed by atoms with van der Waals surface area (Å²) in [6, 6.07) is 5.31. The predicted molar refractivity (Wildman–Crippen MR) is 53.7 cm³/mol. The molecule has 0 fully saturated rings. The van der Waals surface area contributed by atoms with Crippen molar-refractivity contribution in [2.75, 3.05) is 11.9 Å². The van der Waals surface area contributed by atoms with Gasteiger partial charge in [-0.15, -0.1) is 0 Å². The van der Waals surface area contributed by atoms with E-state index in [9.17, 15) is 0 Å². The van der Waals surface area contributed by atoms with Crippen molar-refractivity contribution in [2.45, 2.75) is 19.4 Å². The largest absolute Gasteiger partial charge is 0.394 e. The highest BCUT2D eigenvalue weighted by Gasteiger charge is 2.16. The van der Waals surface area contributed by atoms with Gasteiger partial charge < -0.3 is 10.4 Å². The average molecular weight is 191 g/mol. The first kappa shape index (κ1) is 10.5. The van der Waals surface area contributed by atoms with Gasteiger partial charge in [0.25, 0.3) is 0 Å². The van der Waals surface area contributed by atoms with Gasteiger partial charge in [-0.2, -0.15) is 5.26 Å². The molecule has 0 aliphatic rings. The van der Waals surface area contributed by atoms with E-state index in [1.807, 2.05) is 19.9 Å². The summed E-state index contributed by atoms with van der Waals surface area (Å²) in [4.78, 5) is 4.05. The van der Waals surface area contributed by atoms with Crippen molar-refractivity contribution in [1.82, 2.24) is 4.98 Å². The molecule has 1 rings (SSSR count). The van der Waals surface area contributed by atoms with Crippen LogP contribution in [0.2, 0.25) is 0 Å². The molecule has 0 radical (unpaired) electrons. The van der Waals surface area contributed by atoms with Gasteiger partial charge in [-0.25, -0.2) is 4.98 Å². The molecular weight excluding hydrogens is 178 g/mol. The van der Waals surface area contributed by atoms with Crippen LogP contribution in [0.4, 0.5) is 5.82 Å². The summed E-state index contributed by atoms with van der Waals surface area (Å²) in [7, 11) is 0. The lowest BCUT2D eigenvalue weighted by Crippen LogP contribution is -2.35. The van der Waals surface area contributed by atoms with E-state index in [4.69, 9.17) is 10.4 Å². The van der Waals surface area contributed by atoms with Crippen molar-refractivity contribution in [2.24, 2.45) is 0 Å². The molecule has 0 bridgehead atoms. The first-order chi connectivity index (χ1) is 6.57. The minimum Gasteiger partial charge on any atom is -0.394 e. The molecule has 4 heteroatoms. The van der Waals surface area contributed by atoms with Crippen molar-refractivity contribution < 1.29 is 5.11 Å². The summed E-state index contributed by atoms with van der Waals surface area (Å²) >= 11 is 0. The molecule has 0 unspecified atom stereocenters. The number of nitrogens with one attached hydrogen (secondary N) is 1. The van der Waals surface area contributed by atoms with Crippen LogP contribution in [0.15, 0.2) is 18.3 Å². The van der Waals surface area contributed by atoms with E-state index in [0.29, 0.717) is 11.4 Å². The lowest BCUT2D eigenvalue weighted by Gasteiger charge is -2.23. The van der Waals surface area contributed by atoms with E-state index in [1.165, 1.54) is 0 Å². The van der Waals surface area contributed by atoms with Crippen LogP contribution in [0.25, 0.3) is 0 Å². The SMILES string of the molecule is CC(C)(CO)Nc1cc(C#N)ccn1. The summed E-state index contributed by atoms with van der Waals surface area (Å²) in [6.07, 6.45) is 1.56. The van der Waals surface area contributed by atoms with E-state index in [0.717, 1.165) is 0 Å². The summed E-state index contributed by atoms with van der Waals surface area (Å²) in [6.45, 7) is 3.72. The zero-order valence-corrected chi connectivity index (χ0v) is 8.28. The molecule has 1 aromatic heterocycles. The molecule has 2 N–H and O–H groups in total. The molecule has 0 aliphatic heterocycles. The van der Waals surface area contributed by atoms with Gasteiger partial charge in [0.2, 0.25) is 0 Å². The lowest BCUT2D eigenvalue weighted by atomic mass is 10.1. The van der Waals surface area contributed by atoms with E-state index in [1.54, 1.807) is 18.3 Å². The number of aliphatic hydroxyl groups excluding tert-OH is 1. The smallest absolute Gasteiger partial charge is 0.127 e. The Morgan fingerprint density at radius 3 is 2.93 bits per heavy atom. The Morgan fingerprint density at radius 1 is 1.64 bits per heavy atom. The number of nitrogens with zero attached hydrogens (tertiary/aromatic N) is 2. The second kappa shape index (κ2) is 4.07. The number of hydrogen-bond donors (Lipinski definition) is 2. The third-order valence-electron chi connectivity index (χ3n) is 1.75. The van der Waals surface area contributed by atoms with Crippen LogP contribution in [0.1, 0.15) is 19.4 Å². The summed E-state index contributed by atoms with van der Waals surface area (Å²) in [5, 5.41) is 20.7. The van der Waals surface area contributed by atoms with Gasteiger partial charge in [-0.1, -0.05) is 0 Å². The molecule has 4 nitrogen and oxygen atoms in total. The second-order valence-electron chi connectivity index (χ2n) is 3.71. The molecule has 1 aromatic rings. The quantitative estimate of drug-likeness (QED) is 0.751. The zero-order chi connectivity index (χ0) is 10.6. The van der Waals surface area contributed by atoms with Crippen molar-refractivity contribution in [3.8, 4) is 6.07 Å². The summed E-state index contributed by atoms with van der Waals surface area (Å²) in [5.74, 6) is 0.600. The van der Waals surface area contributed by atoms with Gasteiger partial charge >= 0.3 is 0 Å². The molecule has 74 valence electrons. The number of nitriles is 1. The highest BCUT2D eigenvalue weighted by atomic mass is 16.3. The Hall–Kier alpha value is -1.60. The number of rotatable bonds is 3. The Morgan fingerprint density at radius 2 is 2.36 bits per heavy atom. The van der Waals surface area contributed by atoms with Crippen LogP contribution in [-0.4, -0.2) is 22.2 Å². The average Bonchev–Trinajstić information content (AvgIpc) is 2.17. The van der Waals surface area contributed by atoms with Crippen LogP contribution < -0.4 is 5.32 Å². The molecule has 1 heterocycles. The van der Waals surface area contributed by atoms with Gasteiger partial charge in [0.05, 0.1) is 23.8 Å². The van der Waals surface area contributed by atoms with Gasteiger partial charge in [0.1, 0.15) is 5.82 Å². The molecule has 0 amide bonds. The Labute approximate surface area is 83.2 Å². The fraction of sp³-hybridized carbons (Fsp3) is 0.400. The minimum absolute atomic E-state index is 0.00542. The van der Waals surface area contributed by atoms with Crippen LogP contribution >= 0.6 is 0 Å². The van der Waals surface area contributed by atoms with E-state index >= 15 is 0 Å². The van der Waals surface area contributed by atoms with Gasteiger partial charge in [-0.05, 0) is 26.0 Å². The van der Waals surface area contributed by atoms with Crippen molar-refractivity contribution in [3.05, 3.63) is 23.9 Å². The predicted octanol–water partition coefficient (Wildman–Crippen LogP) is 1.14. The van der Waals surface area contributed by atoms with E-state index < -0.39 is 5.54 Å². The molecule has 0 atom stereocenters. The number of anilines is 1. The third kappa shape index (κ3) is 2.71. The van der Waals surface area contributed by atoms with Gasteiger partial charge in [0, 0.05) is 6.20 Å². The summed E-state index contributed by atoms with van der Waals surface area (Å²) < 4.78 is 0. The van der Waals surface area contributed by atoms with E-state index in [-0.39, 0.29) is 6.61 Å². The van der Waals surface area contributed by atoms with Crippen molar-refractivity contribution in [1.29, 1.82) is 5.26 Å². The molecule has 0 aliphatic carbocycles.